The minimum atomic E-state index is -3.46. The van der Waals surface area contributed by atoms with Crippen molar-refractivity contribution in [3.8, 4) is 5.75 Å². The van der Waals surface area contributed by atoms with Crippen LogP contribution in [0.15, 0.2) is 18.2 Å². The maximum Gasteiger partial charge on any atom is 0.211 e. The summed E-state index contributed by atoms with van der Waals surface area (Å²) in [5, 5.41) is 11.3. The molecule has 1 saturated carbocycles. The fourth-order valence-electron chi connectivity index (χ4n) is 5.55. The van der Waals surface area contributed by atoms with Gasteiger partial charge in [0.1, 0.15) is 5.75 Å². The number of aromatic nitrogens is 1. The van der Waals surface area contributed by atoms with Gasteiger partial charge in [-0.15, -0.1) is 0 Å². The van der Waals surface area contributed by atoms with Crippen LogP contribution in [-0.2, 0) is 15.4 Å². The first-order chi connectivity index (χ1) is 14.3. The van der Waals surface area contributed by atoms with Gasteiger partial charge >= 0.3 is 0 Å². The molecule has 1 aliphatic carbocycles. The van der Waals surface area contributed by atoms with E-state index in [9.17, 15) is 13.5 Å². The van der Waals surface area contributed by atoms with Gasteiger partial charge in [0, 0.05) is 41.2 Å². The maximum atomic E-state index is 12.7. The lowest BCUT2D eigenvalue weighted by molar-refractivity contribution is 0.0945. The molecule has 1 aromatic carbocycles. The predicted molar refractivity (Wildman–Crippen MR) is 116 cm³/mol. The van der Waals surface area contributed by atoms with Crippen molar-refractivity contribution in [1.82, 2.24) is 14.2 Å². The number of benzene rings is 1. The van der Waals surface area contributed by atoms with E-state index in [1.54, 1.807) is 7.11 Å². The Labute approximate surface area is 178 Å². The topological polar surface area (TPSA) is 85.9 Å². The Morgan fingerprint density at radius 2 is 2.00 bits per heavy atom. The van der Waals surface area contributed by atoms with Crippen LogP contribution in [-0.4, -0.2) is 73.9 Å². The molecule has 0 amide bonds. The second-order valence-corrected chi connectivity index (χ2v) is 11.3. The van der Waals surface area contributed by atoms with Gasteiger partial charge in [-0.25, -0.2) is 8.42 Å². The van der Waals surface area contributed by atoms with Crippen LogP contribution in [0, 0.1) is 5.92 Å². The van der Waals surface area contributed by atoms with E-state index in [2.05, 4.69) is 16.0 Å². The summed E-state index contributed by atoms with van der Waals surface area (Å²) in [6, 6.07) is 5.42. The number of sulfonamides is 1. The Kier molecular flexibility index (Phi) is 4.89. The summed E-state index contributed by atoms with van der Waals surface area (Å²) in [6.45, 7) is 3.33. The number of nitrogens with zero attached hydrogens (tertiary/aromatic N) is 2. The van der Waals surface area contributed by atoms with Crippen LogP contribution in [0.4, 0.5) is 0 Å². The number of hydrogen-bond donors (Lipinski definition) is 2. The van der Waals surface area contributed by atoms with Crippen molar-refractivity contribution in [1.29, 1.82) is 0 Å². The molecule has 2 aliphatic heterocycles. The first kappa shape index (κ1) is 20.3. The van der Waals surface area contributed by atoms with Gasteiger partial charge < -0.3 is 19.7 Å². The third-order valence-corrected chi connectivity index (χ3v) is 8.57. The van der Waals surface area contributed by atoms with Crippen molar-refractivity contribution in [2.45, 2.75) is 37.1 Å². The maximum absolute atomic E-state index is 12.7. The molecule has 1 saturated heterocycles. The van der Waals surface area contributed by atoms with Gasteiger partial charge in [0.2, 0.25) is 10.0 Å². The lowest BCUT2D eigenvalue weighted by atomic mass is 9.69. The lowest BCUT2D eigenvalue weighted by Gasteiger charge is -2.49. The molecule has 5 rings (SSSR count). The van der Waals surface area contributed by atoms with E-state index in [4.69, 9.17) is 4.74 Å². The zero-order chi connectivity index (χ0) is 21.1. The zero-order valence-corrected chi connectivity index (χ0v) is 18.5. The molecule has 30 heavy (non-hydrogen) atoms. The van der Waals surface area contributed by atoms with Gasteiger partial charge in [-0.2, -0.15) is 4.31 Å². The third-order valence-electron chi connectivity index (χ3n) is 7.33. The quantitative estimate of drug-likeness (QED) is 0.755. The minimum Gasteiger partial charge on any atom is -0.497 e. The number of ether oxygens (including phenoxy) is 1. The summed E-state index contributed by atoms with van der Waals surface area (Å²) in [6.07, 6.45) is 5.79. The number of aromatic amines is 1. The summed E-state index contributed by atoms with van der Waals surface area (Å²) in [5.41, 5.74) is 2.74. The predicted octanol–water partition coefficient (Wildman–Crippen LogP) is 2.23. The molecule has 8 heteroatoms. The number of aliphatic hydroxyl groups excluding tert-OH is 1. The first-order valence-corrected chi connectivity index (χ1v) is 12.7. The molecule has 3 heterocycles. The Balaban J connectivity index is 1.61. The summed E-state index contributed by atoms with van der Waals surface area (Å²) in [5.74, 6) is 1.61. The monoisotopic (exact) mass is 433 g/mol. The van der Waals surface area contributed by atoms with E-state index in [1.807, 2.05) is 12.1 Å². The molecular formula is C22H31N3O4S. The highest BCUT2D eigenvalue weighted by Crippen LogP contribution is 2.50. The first-order valence-electron chi connectivity index (χ1n) is 10.8. The van der Waals surface area contributed by atoms with E-state index in [0.29, 0.717) is 6.54 Å². The number of fused-ring (bicyclic) bond motifs is 4. The summed E-state index contributed by atoms with van der Waals surface area (Å²) >= 11 is 0. The highest BCUT2D eigenvalue weighted by atomic mass is 32.2. The number of methoxy groups -OCH3 is 1. The van der Waals surface area contributed by atoms with Crippen LogP contribution in [0.5, 0.6) is 5.75 Å². The average Bonchev–Trinajstić information content (AvgIpc) is 3.45. The van der Waals surface area contributed by atoms with Crippen LogP contribution in [0.1, 0.15) is 43.0 Å². The standard InChI is InChI=1S/C22H31N3O4S/c1-29-16-5-6-17-18(11-16)23-21-19(13-26)25(30(2,27)28)14-22(20(17)21)7-9-24(10-8-22)12-15-3-4-15/h5-6,11,15,19,23,26H,3-4,7-10,12-14H2,1-2H3/t19-/m1/s1. The van der Waals surface area contributed by atoms with Crippen LogP contribution in [0.3, 0.4) is 0 Å². The number of aliphatic hydroxyl groups is 1. The number of nitrogens with one attached hydrogen (secondary N) is 1. The molecule has 2 N–H and O–H groups in total. The molecule has 3 aliphatic rings. The molecular weight excluding hydrogens is 402 g/mol. The van der Waals surface area contributed by atoms with E-state index in [0.717, 1.165) is 54.2 Å². The van der Waals surface area contributed by atoms with E-state index >= 15 is 0 Å². The molecule has 1 aromatic heterocycles. The van der Waals surface area contributed by atoms with Crippen LogP contribution in [0.25, 0.3) is 10.9 Å². The smallest absolute Gasteiger partial charge is 0.211 e. The van der Waals surface area contributed by atoms with Gasteiger partial charge in [-0.1, -0.05) is 0 Å². The molecule has 0 radical (unpaired) electrons. The summed E-state index contributed by atoms with van der Waals surface area (Å²) in [4.78, 5) is 6.00. The van der Waals surface area contributed by atoms with Crippen LogP contribution < -0.4 is 4.74 Å². The van der Waals surface area contributed by atoms with Crippen molar-refractivity contribution in [2.24, 2.45) is 5.92 Å². The van der Waals surface area contributed by atoms with Crippen LogP contribution >= 0.6 is 0 Å². The Bertz CT molecular complexity index is 1050. The van der Waals surface area contributed by atoms with Crippen molar-refractivity contribution >= 4 is 20.9 Å². The number of likely N-dealkylation sites (tertiary alicyclic amines) is 1. The van der Waals surface area contributed by atoms with E-state index < -0.39 is 16.1 Å². The fourth-order valence-corrected chi connectivity index (χ4v) is 6.66. The number of H-pyrrole nitrogens is 1. The normalized spacial score (nSPS) is 25.0. The second kappa shape index (κ2) is 7.22. The SMILES string of the molecule is COc1ccc2c3c([nH]c2c1)[C@@H](CO)N(S(C)(=O)=O)CC31CCN(CC2CC2)CC1. The average molecular weight is 434 g/mol. The van der Waals surface area contributed by atoms with Gasteiger partial charge in [0.05, 0.1) is 26.0 Å². The molecule has 1 atom stereocenters. The van der Waals surface area contributed by atoms with Crippen molar-refractivity contribution in [3.63, 3.8) is 0 Å². The highest BCUT2D eigenvalue weighted by Gasteiger charge is 2.49. The minimum absolute atomic E-state index is 0.239. The highest BCUT2D eigenvalue weighted by molar-refractivity contribution is 7.88. The lowest BCUT2D eigenvalue weighted by Crippen LogP contribution is -2.55. The molecule has 0 unspecified atom stereocenters. The molecule has 1 spiro atoms. The van der Waals surface area contributed by atoms with Gasteiger partial charge in [-0.3, -0.25) is 0 Å². The Hall–Kier alpha value is -1.61. The fraction of sp³-hybridized carbons (Fsp3) is 0.636. The molecule has 2 aromatic rings. The van der Waals surface area contributed by atoms with E-state index in [-0.39, 0.29) is 12.0 Å². The Morgan fingerprint density at radius 3 is 2.60 bits per heavy atom. The largest absolute Gasteiger partial charge is 0.497 e. The molecule has 0 bridgehead atoms. The van der Waals surface area contributed by atoms with E-state index in [1.165, 1.54) is 35.5 Å². The molecule has 7 nitrogen and oxygen atoms in total. The number of piperidine rings is 1. The molecule has 164 valence electrons. The van der Waals surface area contributed by atoms with Gasteiger partial charge in [0.25, 0.3) is 0 Å². The van der Waals surface area contributed by atoms with Crippen LogP contribution in [0.2, 0.25) is 0 Å². The van der Waals surface area contributed by atoms with Crippen molar-refractivity contribution in [3.05, 3.63) is 29.5 Å². The van der Waals surface area contributed by atoms with Gasteiger partial charge in [-0.05, 0) is 62.4 Å². The zero-order valence-electron chi connectivity index (χ0n) is 17.7. The number of rotatable bonds is 5. The number of hydrogen-bond acceptors (Lipinski definition) is 5. The second-order valence-electron chi connectivity index (χ2n) is 9.36. The summed E-state index contributed by atoms with van der Waals surface area (Å²) in [7, 11) is -1.82. The third kappa shape index (κ3) is 3.34. The Morgan fingerprint density at radius 1 is 1.27 bits per heavy atom. The van der Waals surface area contributed by atoms with Crippen molar-refractivity contribution < 1.29 is 18.3 Å². The van der Waals surface area contributed by atoms with Gasteiger partial charge in [0.15, 0.2) is 0 Å². The summed E-state index contributed by atoms with van der Waals surface area (Å²) < 4.78 is 32.3. The molecule has 2 fully saturated rings. The van der Waals surface area contributed by atoms with Crippen molar-refractivity contribution in [2.75, 3.05) is 46.2 Å².